The van der Waals surface area contributed by atoms with Gasteiger partial charge >= 0.3 is 11.7 Å². The number of para-hydroxylation sites is 1. The summed E-state index contributed by atoms with van der Waals surface area (Å²) in [7, 11) is 0. The molecule has 2 amide bonds. The van der Waals surface area contributed by atoms with E-state index < -0.39 is 6.03 Å². The van der Waals surface area contributed by atoms with E-state index in [0.29, 0.717) is 34.5 Å². The van der Waals surface area contributed by atoms with E-state index in [-0.39, 0.29) is 30.1 Å². The van der Waals surface area contributed by atoms with E-state index >= 15 is 0 Å². The monoisotopic (exact) mass is 458 g/mol. The molecule has 2 N–H and O–H groups in total. The van der Waals surface area contributed by atoms with Crippen LogP contribution in [0.15, 0.2) is 53.3 Å². The maximum Gasteiger partial charge on any atom is 0.331 e. The minimum absolute atomic E-state index is 0.0679. The number of nitrogens with zero attached hydrogens (tertiary/aromatic N) is 3. The van der Waals surface area contributed by atoms with Crippen molar-refractivity contribution in [1.29, 1.82) is 0 Å². The molecule has 0 saturated heterocycles. The number of benzene rings is 2. The van der Waals surface area contributed by atoms with Gasteiger partial charge < -0.3 is 15.3 Å². The van der Waals surface area contributed by atoms with Crippen LogP contribution in [0.5, 0.6) is 5.88 Å². The first kappa shape index (κ1) is 20.0. The Hall–Kier alpha value is -2.90. The Morgan fingerprint density at radius 2 is 1.74 bits per heavy atom. The molecule has 1 saturated carbocycles. The third-order valence-electron chi connectivity index (χ3n) is 5.98. The summed E-state index contributed by atoms with van der Waals surface area (Å²) in [5.74, 6) is 0.137. The Labute approximate surface area is 188 Å². The highest BCUT2D eigenvalue weighted by molar-refractivity contribution is 6.39. The third-order valence-corrected chi connectivity index (χ3v) is 6.61. The van der Waals surface area contributed by atoms with Gasteiger partial charge in [0.1, 0.15) is 5.69 Å². The average Bonchev–Trinajstić information content (AvgIpc) is 3.52. The second kappa shape index (κ2) is 7.66. The summed E-state index contributed by atoms with van der Waals surface area (Å²) in [5.41, 5.74) is 1.70. The molecule has 2 atom stereocenters. The summed E-state index contributed by atoms with van der Waals surface area (Å²) in [5, 5.41) is 14.3. The van der Waals surface area contributed by atoms with Gasteiger partial charge in [-0.05, 0) is 24.1 Å². The van der Waals surface area contributed by atoms with Gasteiger partial charge in [0, 0.05) is 25.0 Å². The van der Waals surface area contributed by atoms with E-state index in [2.05, 4.69) is 5.32 Å². The molecule has 3 aromatic rings. The molecule has 5 rings (SSSR count). The van der Waals surface area contributed by atoms with Crippen LogP contribution in [0.2, 0.25) is 10.0 Å². The molecule has 1 aliphatic heterocycles. The maximum atomic E-state index is 13.0. The van der Waals surface area contributed by atoms with Crippen LogP contribution in [-0.4, -0.2) is 31.7 Å². The first-order valence-electron chi connectivity index (χ1n) is 10.0. The predicted octanol–water partition coefficient (Wildman–Crippen LogP) is 4.44. The number of carbonyl (C=O) groups is 1. The fourth-order valence-corrected chi connectivity index (χ4v) is 4.76. The van der Waals surface area contributed by atoms with Crippen molar-refractivity contribution in [3.63, 3.8) is 0 Å². The van der Waals surface area contributed by atoms with E-state index in [1.165, 1.54) is 9.47 Å². The number of hydrogen-bond donors (Lipinski definition) is 2. The van der Waals surface area contributed by atoms with Crippen LogP contribution in [0.3, 0.4) is 0 Å². The molecule has 1 fully saturated rings. The van der Waals surface area contributed by atoms with Gasteiger partial charge in [-0.2, -0.15) is 0 Å². The zero-order valence-corrected chi connectivity index (χ0v) is 18.0. The number of hydrogen-bond acceptors (Lipinski definition) is 3. The number of aromatic hydroxyl groups is 1. The van der Waals surface area contributed by atoms with Gasteiger partial charge in [-0.1, -0.05) is 59.6 Å². The first-order valence-corrected chi connectivity index (χ1v) is 10.8. The summed E-state index contributed by atoms with van der Waals surface area (Å²) >= 11 is 12.3. The molecule has 0 spiro atoms. The highest BCUT2D eigenvalue weighted by Crippen LogP contribution is 2.52. The van der Waals surface area contributed by atoms with E-state index in [1.54, 1.807) is 22.8 Å². The van der Waals surface area contributed by atoms with Crippen molar-refractivity contribution in [3.8, 4) is 5.88 Å². The number of anilines is 1. The quantitative estimate of drug-likeness (QED) is 0.608. The number of amides is 2. The fourth-order valence-electron chi connectivity index (χ4n) is 4.26. The minimum Gasteiger partial charge on any atom is -0.493 e. The number of fused-ring (bicyclic) bond motifs is 1. The van der Waals surface area contributed by atoms with Crippen LogP contribution < -0.4 is 11.0 Å². The van der Waals surface area contributed by atoms with Crippen LogP contribution in [0, 0.1) is 0 Å². The van der Waals surface area contributed by atoms with Crippen LogP contribution >= 0.6 is 23.2 Å². The Balaban J connectivity index is 1.37. The smallest absolute Gasteiger partial charge is 0.331 e. The SMILES string of the molecule is O=C(Nc1c(Cl)cccc1Cl)N1CCn2c(c(O)n([C@H]3C[C@@H]3c3ccccc3)c2=O)C1. The lowest BCUT2D eigenvalue weighted by atomic mass is 10.1. The molecule has 0 unspecified atom stereocenters. The third kappa shape index (κ3) is 3.47. The van der Waals surface area contributed by atoms with Gasteiger partial charge in [-0.15, -0.1) is 0 Å². The average molecular weight is 459 g/mol. The summed E-state index contributed by atoms with van der Waals surface area (Å²) in [6, 6.07) is 14.5. The lowest BCUT2D eigenvalue weighted by molar-refractivity contribution is 0.195. The number of rotatable bonds is 3. The first-order chi connectivity index (χ1) is 15.0. The van der Waals surface area contributed by atoms with Crippen LogP contribution in [0.1, 0.15) is 29.6 Å². The minimum atomic E-state index is -0.394. The molecule has 31 heavy (non-hydrogen) atoms. The Kier molecular flexibility index (Phi) is 4.95. The van der Waals surface area contributed by atoms with Gasteiger partial charge in [0.05, 0.1) is 22.3 Å². The maximum absolute atomic E-state index is 13.0. The number of urea groups is 1. The number of aromatic nitrogens is 2. The number of imidazole rings is 1. The van der Waals surface area contributed by atoms with Crippen LogP contribution in [0.4, 0.5) is 10.5 Å². The van der Waals surface area contributed by atoms with Crippen LogP contribution in [-0.2, 0) is 13.1 Å². The van der Waals surface area contributed by atoms with Crippen molar-refractivity contribution in [2.75, 3.05) is 11.9 Å². The molecular weight excluding hydrogens is 439 g/mol. The molecule has 160 valence electrons. The Bertz CT molecular complexity index is 1200. The number of carbonyl (C=O) groups excluding carboxylic acids is 1. The molecule has 2 aromatic carbocycles. The summed E-state index contributed by atoms with van der Waals surface area (Å²) in [6.45, 7) is 0.753. The van der Waals surface area contributed by atoms with Crippen LogP contribution in [0.25, 0.3) is 0 Å². The molecule has 1 aliphatic carbocycles. The molecule has 2 heterocycles. The molecular formula is C22H20Cl2N4O3. The highest BCUT2D eigenvalue weighted by atomic mass is 35.5. The summed E-state index contributed by atoms with van der Waals surface area (Å²) < 4.78 is 3.03. The van der Waals surface area contributed by atoms with E-state index in [1.807, 2.05) is 30.3 Å². The molecule has 2 aliphatic rings. The second-order valence-corrected chi connectivity index (χ2v) is 8.66. The summed E-state index contributed by atoms with van der Waals surface area (Å²) in [6.07, 6.45) is 0.802. The van der Waals surface area contributed by atoms with Crippen molar-refractivity contribution >= 4 is 34.9 Å². The van der Waals surface area contributed by atoms with Crippen molar-refractivity contribution in [2.45, 2.75) is 31.5 Å². The zero-order valence-electron chi connectivity index (χ0n) is 16.5. The van der Waals surface area contributed by atoms with Gasteiger partial charge in [0.2, 0.25) is 5.88 Å². The molecule has 9 heteroatoms. The Morgan fingerprint density at radius 3 is 2.45 bits per heavy atom. The molecule has 7 nitrogen and oxygen atoms in total. The van der Waals surface area contributed by atoms with E-state index in [9.17, 15) is 14.7 Å². The number of halogens is 2. The van der Waals surface area contributed by atoms with Gasteiger partial charge in [-0.25, -0.2) is 9.59 Å². The van der Waals surface area contributed by atoms with E-state index in [0.717, 1.165) is 12.0 Å². The summed E-state index contributed by atoms with van der Waals surface area (Å²) in [4.78, 5) is 27.3. The van der Waals surface area contributed by atoms with Crippen molar-refractivity contribution < 1.29 is 9.90 Å². The predicted molar refractivity (Wildman–Crippen MR) is 119 cm³/mol. The molecule has 1 aromatic heterocycles. The van der Waals surface area contributed by atoms with Crippen molar-refractivity contribution in [2.24, 2.45) is 0 Å². The van der Waals surface area contributed by atoms with Gasteiger partial charge in [0.25, 0.3) is 0 Å². The van der Waals surface area contributed by atoms with E-state index in [4.69, 9.17) is 23.2 Å². The van der Waals surface area contributed by atoms with Crippen molar-refractivity contribution in [1.82, 2.24) is 14.0 Å². The molecule has 0 radical (unpaired) electrons. The van der Waals surface area contributed by atoms with Crippen molar-refractivity contribution in [3.05, 3.63) is 80.3 Å². The highest BCUT2D eigenvalue weighted by Gasteiger charge is 2.44. The Morgan fingerprint density at radius 1 is 1.03 bits per heavy atom. The second-order valence-electron chi connectivity index (χ2n) is 7.84. The topological polar surface area (TPSA) is 79.5 Å². The lowest BCUT2D eigenvalue weighted by Gasteiger charge is -2.28. The fraction of sp³-hybridized carbons (Fsp3) is 0.273. The standard InChI is InChI=1S/C22H20Cl2N4O3/c23-15-7-4-8-16(24)19(15)25-21(30)26-9-10-27-18(12-26)20(29)28(22(27)31)17-11-14(17)13-5-2-1-3-6-13/h1-8,14,17,29H,9-12H2,(H,25,30)/t14-,17+/m1/s1. The largest absolute Gasteiger partial charge is 0.493 e. The molecule has 0 bridgehead atoms. The van der Waals surface area contributed by atoms with Gasteiger partial charge in [0.15, 0.2) is 0 Å². The van der Waals surface area contributed by atoms with Gasteiger partial charge in [-0.3, -0.25) is 9.13 Å². The normalized spacial score (nSPS) is 19.7. The lowest BCUT2D eigenvalue weighted by Crippen LogP contribution is -2.42. The number of nitrogens with one attached hydrogen (secondary N) is 1. The zero-order chi connectivity index (χ0) is 21.7.